The predicted molar refractivity (Wildman–Crippen MR) is 59.4 cm³/mol. The molecule has 1 rings (SSSR count). The van der Waals surface area contributed by atoms with Gasteiger partial charge >= 0.3 is 70.7 Å². The standard InChI is InChI=1S/C8H15O8S.2Na.O2S/c1-8(14-3)7(16-17(10,11)12)6(9)5(13-2)4-15-8;;;1-3-2/h5-7H,4H2,1-3H3,(H,10,11,12);;;/q-1;2*+1;/p-1. The third-order valence-electron chi connectivity index (χ3n) is 2.65. The number of hydrogen-bond donors (Lipinski definition) is 0. The molecule has 0 aromatic rings. The first-order valence-electron chi connectivity index (χ1n) is 5.08. The Labute approximate surface area is 176 Å². The van der Waals surface area contributed by atoms with Crippen molar-refractivity contribution in [2.75, 3.05) is 20.8 Å². The van der Waals surface area contributed by atoms with Crippen LogP contribution in [0.3, 0.4) is 0 Å². The van der Waals surface area contributed by atoms with Gasteiger partial charge in [0.05, 0.1) is 12.7 Å². The van der Waals surface area contributed by atoms with E-state index in [-0.39, 0.29) is 65.7 Å². The summed E-state index contributed by atoms with van der Waals surface area (Å²) in [6.45, 7) is 1.24. The molecule has 0 radical (unpaired) electrons. The summed E-state index contributed by atoms with van der Waals surface area (Å²) in [5, 5.41) is 11.9. The van der Waals surface area contributed by atoms with E-state index >= 15 is 0 Å². The molecule has 4 atom stereocenters. The van der Waals surface area contributed by atoms with Crippen LogP contribution in [-0.4, -0.2) is 66.3 Å². The Morgan fingerprint density at radius 3 is 2.05 bits per heavy atom. The molecule has 10 nitrogen and oxygen atoms in total. The van der Waals surface area contributed by atoms with Gasteiger partial charge in [-0.25, -0.2) is 8.42 Å². The smallest absolute Gasteiger partial charge is 0.848 e. The van der Waals surface area contributed by atoms with Gasteiger partial charge in [-0.15, -0.1) is 0 Å². The Kier molecular flexibility index (Phi) is 16.5. The van der Waals surface area contributed by atoms with E-state index in [1.165, 1.54) is 21.1 Å². The van der Waals surface area contributed by atoms with E-state index < -0.39 is 46.1 Å². The Balaban J connectivity index is -0.000000666. The van der Waals surface area contributed by atoms with Gasteiger partial charge < -0.3 is 23.9 Å². The minimum atomic E-state index is -5.04. The van der Waals surface area contributed by atoms with E-state index in [1.54, 1.807) is 0 Å². The van der Waals surface area contributed by atoms with Gasteiger partial charge in [0.2, 0.25) is 10.4 Å². The third-order valence-corrected chi connectivity index (χ3v) is 3.09. The zero-order chi connectivity index (χ0) is 16.0. The Morgan fingerprint density at radius 2 is 1.73 bits per heavy atom. The van der Waals surface area contributed by atoms with E-state index in [0.717, 1.165) is 0 Å². The molecule has 4 unspecified atom stereocenters. The van der Waals surface area contributed by atoms with Crippen molar-refractivity contribution in [3.05, 3.63) is 0 Å². The van der Waals surface area contributed by atoms with Gasteiger partial charge in [-0.2, -0.15) is 8.42 Å². The van der Waals surface area contributed by atoms with Gasteiger partial charge in [-0.1, -0.05) is 6.10 Å². The van der Waals surface area contributed by atoms with E-state index in [9.17, 15) is 18.1 Å². The maximum Gasteiger partial charge on any atom is 1.00 e. The predicted octanol–water partition coefficient (Wildman–Crippen LogP) is -8.69. The van der Waals surface area contributed by atoms with Crippen LogP contribution in [-0.2, 0) is 40.4 Å². The van der Waals surface area contributed by atoms with Crippen LogP contribution in [0.2, 0.25) is 0 Å². The Bertz CT molecular complexity index is 440. The number of ether oxygens (including phenoxy) is 3. The molecule has 0 amide bonds. The third kappa shape index (κ3) is 9.13. The molecule has 22 heavy (non-hydrogen) atoms. The zero-order valence-corrected chi connectivity index (χ0v) is 18.5. The van der Waals surface area contributed by atoms with Crippen LogP contribution in [0, 0.1) is 0 Å². The molecule has 0 saturated carbocycles. The van der Waals surface area contributed by atoms with Crippen LogP contribution in [0.5, 0.6) is 0 Å². The van der Waals surface area contributed by atoms with E-state index in [0.29, 0.717) is 0 Å². The Hall–Kier alpha value is 1.53. The average Bonchev–Trinajstić information content (AvgIpc) is 2.35. The van der Waals surface area contributed by atoms with Crippen LogP contribution in [0.4, 0.5) is 0 Å². The molecule has 120 valence electrons. The fourth-order valence-corrected chi connectivity index (χ4v) is 2.10. The van der Waals surface area contributed by atoms with Gasteiger partial charge in [0.15, 0.2) is 5.79 Å². The first-order valence-corrected chi connectivity index (χ1v) is 7.08. The molecule has 0 N–H and O–H groups in total. The summed E-state index contributed by atoms with van der Waals surface area (Å²) in [5.41, 5.74) is 0. The summed E-state index contributed by atoms with van der Waals surface area (Å²) in [6, 6.07) is 0. The van der Waals surface area contributed by atoms with Crippen LogP contribution in [0.15, 0.2) is 0 Å². The van der Waals surface area contributed by atoms with E-state index in [2.05, 4.69) is 4.18 Å². The normalized spacial score (nSPS) is 30.9. The molecule has 0 aromatic heterocycles. The van der Waals surface area contributed by atoms with Gasteiger partial charge in [0, 0.05) is 14.2 Å². The number of hydrogen-bond acceptors (Lipinski definition) is 10. The Morgan fingerprint density at radius 1 is 1.27 bits per heavy atom. The fraction of sp³-hybridized carbons (Fsp3) is 1.00. The summed E-state index contributed by atoms with van der Waals surface area (Å²) in [4.78, 5) is 0. The molecule has 14 heteroatoms. The molecule has 0 aliphatic carbocycles. The van der Waals surface area contributed by atoms with Crippen molar-refractivity contribution in [2.45, 2.75) is 31.0 Å². The summed E-state index contributed by atoms with van der Waals surface area (Å²) in [6.07, 6.45) is -4.12. The summed E-state index contributed by atoms with van der Waals surface area (Å²) >= 11 is -0.750. The first-order chi connectivity index (χ1) is 9.15. The number of methoxy groups -OCH3 is 2. The molecule has 0 spiro atoms. The zero-order valence-electron chi connectivity index (χ0n) is 12.8. The molecule has 0 bridgehead atoms. The van der Waals surface area contributed by atoms with Crippen molar-refractivity contribution in [3.63, 3.8) is 0 Å². The minimum Gasteiger partial charge on any atom is -0.848 e. The van der Waals surface area contributed by atoms with E-state index in [1.807, 2.05) is 0 Å². The summed E-state index contributed by atoms with van der Waals surface area (Å²) in [5.74, 6) is -1.60. The maximum absolute atomic E-state index is 11.9. The quantitative estimate of drug-likeness (QED) is 0.261. The van der Waals surface area contributed by atoms with Gasteiger partial charge in [-0.3, -0.25) is 4.18 Å². The van der Waals surface area contributed by atoms with Crippen LogP contribution >= 0.6 is 0 Å². The molecular weight excluding hydrogens is 366 g/mol. The number of rotatable bonds is 4. The van der Waals surface area contributed by atoms with Gasteiger partial charge in [-0.05, 0) is 6.92 Å². The largest absolute Gasteiger partial charge is 1.00 e. The molecule has 1 heterocycles. The van der Waals surface area contributed by atoms with E-state index in [4.69, 9.17) is 22.6 Å². The second-order valence-corrected chi connectivity index (χ2v) is 4.91. The van der Waals surface area contributed by atoms with Crippen molar-refractivity contribution in [2.24, 2.45) is 0 Å². The first kappa shape index (κ1) is 28.3. The fourth-order valence-electron chi connectivity index (χ4n) is 1.56. The monoisotopic (exact) mass is 380 g/mol. The molecule has 1 aliphatic rings. The molecule has 1 fully saturated rings. The molecule has 1 aliphatic heterocycles. The van der Waals surface area contributed by atoms with Gasteiger partial charge in [0.1, 0.15) is 6.10 Å². The minimum absolute atomic E-state index is 0. The second kappa shape index (κ2) is 12.8. The van der Waals surface area contributed by atoms with Crippen LogP contribution in [0.25, 0.3) is 0 Å². The van der Waals surface area contributed by atoms with Crippen LogP contribution in [0.1, 0.15) is 6.92 Å². The van der Waals surface area contributed by atoms with Crippen molar-refractivity contribution >= 4 is 22.0 Å². The summed E-state index contributed by atoms with van der Waals surface area (Å²) in [7, 11) is -2.54. The SMILES string of the molecule is COC1COC(C)(OC)C(OS(=O)(=O)[O-])C1[O-].O=S=O.[Na+].[Na+]. The molecular formula is C8H14Na2O10S2. The van der Waals surface area contributed by atoms with Crippen molar-refractivity contribution in [1.29, 1.82) is 0 Å². The van der Waals surface area contributed by atoms with Gasteiger partial charge in [0.25, 0.3) is 0 Å². The molecule has 0 aromatic carbocycles. The van der Waals surface area contributed by atoms with Crippen molar-refractivity contribution in [3.8, 4) is 0 Å². The van der Waals surface area contributed by atoms with Crippen molar-refractivity contribution < 1.29 is 104 Å². The maximum atomic E-state index is 11.9. The van der Waals surface area contributed by atoms with Crippen molar-refractivity contribution in [1.82, 2.24) is 0 Å². The molecule has 1 saturated heterocycles. The second-order valence-electron chi connectivity index (χ2n) is 3.76. The summed E-state index contributed by atoms with van der Waals surface area (Å²) < 4.78 is 67.4. The topological polar surface area (TPSA) is 151 Å². The van der Waals surface area contributed by atoms with Crippen LogP contribution < -0.4 is 64.2 Å². The average molecular weight is 380 g/mol.